The first-order valence-corrected chi connectivity index (χ1v) is 10.3. The van der Waals surface area contributed by atoms with Crippen molar-refractivity contribution in [3.63, 3.8) is 0 Å². The first-order valence-electron chi connectivity index (χ1n) is 7.99. The zero-order valence-corrected chi connectivity index (χ0v) is 14.7. The lowest BCUT2D eigenvalue weighted by Crippen LogP contribution is -2.13. The minimum absolute atomic E-state index is 0.186. The topological polar surface area (TPSA) is 72.0 Å². The summed E-state index contributed by atoms with van der Waals surface area (Å²) < 4.78 is 28.3. The number of benzene rings is 1. The van der Waals surface area contributed by atoms with E-state index in [9.17, 15) is 8.42 Å². The fraction of sp³-hybridized carbons (Fsp3) is 0.294. The highest BCUT2D eigenvalue weighted by Crippen LogP contribution is 2.31. The summed E-state index contributed by atoms with van der Waals surface area (Å²) >= 11 is 1.45. The summed E-state index contributed by atoms with van der Waals surface area (Å²) in [5, 5.41) is 1.25. The summed E-state index contributed by atoms with van der Waals surface area (Å²) in [6, 6.07) is 8.82. The van der Waals surface area contributed by atoms with Crippen molar-refractivity contribution in [1.82, 2.24) is 9.97 Å². The second kappa shape index (κ2) is 6.14. The lowest BCUT2D eigenvalue weighted by atomic mass is 10.2. The molecule has 7 heteroatoms. The van der Waals surface area contributed by atoms with Crippen LogP contribution in [0.5, 0.6) is 0 Å². The monoisotopic (exact) mass is 359 g/mol. The van der Waals surface area contributed by atoms with Gasteiger partial charge in [-0.25, -0.2) is 13.4 Å². The number of pyridine rings is 1. The number of hydrogen-bond acceptors (Lipinski definition) is 5. The van der Waals surface area contributed by atoms with Gasteiger partial charge < -0.3 is 0 Å². The van der Waals surface area contributed by atoms with Gasteiger partial charge in [-0.15, -0.1) is 11.3 Å². The number of aryl methyl sites for hydroxylation is 2. The molecule has 1 aliphatic rings. The van der Waals surface area contributed by atoms with Gasteiger partial charge >= 0.3 is 0 Å². The molecule has 2 aromatic heterocycles. The summed E-state index contributed by atoms with van der Waals surface area (Å²) in [5.41, 5.74) is 1.52. The highest BCUT2D eigenvalue weighted by atomic mass is 32.2. The molecule has 2 heterocycles. The van der Waals surface area contributed by atoms with E-state index in [1.807, 2.05) is 12.1 Å². The van der Waals surface area contributed by atoms with E-state index in [0.717, 1.165) is 36.8 Å². The highest BCUT2D eigenvalue weighted by Gasteiger charge is 2.21. The van der Waals surface area contributed by atoms with Crippen LogP contribution in [0.4, 0.5) is 5.13 Å². The van der Waals surface area contributed by atoms with Gasteiger partial charge in [0.15, 0.2) is 5.13 Å². The van der Waals surface area contributed by atoms with Gasteiger partial charge in [-0.3, -0.25) is 9.71 Å². The predicted molar refractivity (Wildman–Crippen MR) is 95.9 cm³/mol. The normalized spacial score (nSPS) is 15.0. The molecule has 0 saturated carbocycles. The van der Waals surface area contributed by atoms with Crippen LogP contribution in [0, 0.1) is 0 Å². The summed E-state index contributed by atoms with van der Waals surface area (Å²) in [7, 11) is -3.71. The van der Waals surface area contributed by atoms with Crippen LogP contribution in [-0.2, 0) is 22.9 Å². The van der Waals surface area contributed by atoms with Crippen molar-refractivity contribution < 1.29 is 8.42 Å². The number of nitrogens with zero attached hydrogens (tertiary/aromatic N) is 2. The summed E-state index contributed by atoms with van der Waals surface area (Å²) in [5.74, 6) is 0. The molecule has 1 aliphatic carbocycles. The van der Waals surface area contributed by atoms with Crippen LogP contribution in [-0.4, -0.2) is 18.4 Å². The van der Waals surface area contributed by atoms with E-state index < -0.39 is 10.0 Å². The van der Waals surface area contributed by atoms with Crippen LogP contribution in [0.15, 0.2) is 41.4 Å². The SMILES string of the molecule is O=S(=O)(Nc1nc2c(s1)CCCCC2)c1cccc2cccnc12. The van der Waals surface area contributed by atoms with Gasteiger partial charge in [0.2, 0.25) is 0 Å². The molecule has 0 saturated heterocycles. The van der Waals surface area contributed by atoms with E-state index in [1.165, 1.54) is 22.6 Å². The first kappa shape index (κ1) is 15.5. The average Bonchev–Trinajstić information content (AvgIpc) is 2.81. The Kier molecular flexibility index (Phi) is 3.97. The number of thiazole rings is 1. The molecular formula is C17H17N3O2S2. The number of para-hydroxylation sites is 1. The molecule has 4 rings (SSSR count). The molecule has 0 spiro atoms. The highest BCUT2D eigenvalue weighted by molar-refractivity contribution is 7.93. The van der Waals surface area contributed by atoms with Crippen LogP contribution in [0.1, 0.15) is 29.8 Å². The minimum atomic E-state index is -3.71. The van der Waals surface area contributed by atoms with E-state index in [4.69, 9.17) is 0 Å². The Hall–Kier alpha value is -1.99. The average molecular weight is 359 g/mol. The van der Waals surface area contributed by atoms with Crippen molar-refractivity contribution in [2.75, 3.05) is 4.72 Å². The van der Waals surface area contributed by atoms with Crippen molar-refractivity contribution in [3.05, 3.63) is 47.1 Å². The van der Waals surface area contributed by atoms with E-state index in [1.54, 1.807) is 24.4 Å². The maximum Gasteiger partial charge on any atom is 0.265 e. The molecule has 24 heavy (non-hydrogen) atoms. The Labute approximate surface area is 144 Å². The maximum atomic E-state index is 12.8. The van der Waals surface area contributed by atoms with Gasteiger partial charge in [0.1, 0.15) is 4.90 Å². The van der Waals surface area contributed by atoms with Gasteiger partial charge in [-0.2, -0.15) is 0 Å². The van der Waals surface area contributed by atoms with Crippen LogP contribution in [0.2, 0.25) is 0 Å². The molecular weight excluding hydrogens is 342 g/mol. The van der Waals surface area contributed by atoms with Gasteiger partial charge in [0.25, 0.3) is 10.0 Å². The molecule has 124 valence electrons. The Morgan fingerprint density at radius 1 is 1.04 bits per heavy atom. The fourth-order valence-electron chi connectivity index (χ4n) is 3.04. The second-order valence-electron chi connectivity index (χ2n) is 5.89. The quantitative estimate of drug-likeness (QED) is 0.723. The Morgan fingerprint density at radius 3 is 2.79 bits per heavy atom. The van der Waals surface area contributed by atoms with Crippen molar-refractivity contribution in [3.8, 4) is 0 Å². The molecule has 0 atom stereocenters. The third kappa shape index (κ3) is 2.89. The van der Waals surface area contributed by atoms with Gasteiger partial charge in [0, 0.05) is 16.5 Å². The largest absolute Gasteiger partial charge is 0.265 e. The number of aromatic nitrogens is 2. The van der Waals surface area contributed by atoms with E-state index in [-0.39, 0.29) is 4.90 Å². The molecule has 5 nitrogen and oxygen atoms in total. The second-order valence-corrected chi connectivity index (χ2v) is 8.62. The van der Waals surface area contributed by atoms with E-state index in [2.05, 4.69) is 14.7 Å². The first-order chi connectivity index (χ1) is 11.6. The number of sulfonamides is 1. The number of fused-ring (bicyclic) bond motifs is 2. The molecule has 0 radical (unpaired) electrons. The number of hydrogen-bond donors (Lipinski definition) is 1. The predicted octanol–water partition coefficient (Wildman–Crippen LogP) is 3.76. The van der Waals surface area contributed by atoms with Crippen molar-refractivity contribution in [2.24, 2.45) is 0 Å². The zero-order chi connectivity index (χ0) is 16.6. The van der Waals surface area contributed by atoms with Crippen LogP contribution >= 0.6 is 11.3 Å². The summed E-state index contributed by atoms with van der Waals surface area (Å²) in [6.45, 7) is 0. The van der Waals surface area contributed by atoms with Crippen LogP contribution < -0.4 is 4.72 Å². The Balaban J connectivity index is 1.70. The Bertz CT molecular complexity index is 967. The number of rotatable bonds is 3. The van der Waals surface area contributed by atoms with Crippen LogP contribution in [0.25, 0.3) is 10.9 Å². The lowest BCUT2D eigenvalue weighted by Gasteiger charge is -2.07. The smallest absolute Gasteiger partial charge is 0.255 e. The van der Waals surface area contributed by atoms with Gasteiger partial charge in [-0.1, -0.05) is 24.6 Å². The molecule has 0 fully saturated rings. The lowest BCUT2D eigenvalue weighted by molar-refractivity contribution is 0.602. The minimum Gasteiger partial charge on any atom is -0.255 e. The number of anilines is 1. The van der Waals surface area contributed by atoms with E-state index in [0.29, 0.717) is 10.6 Å². The summed E-state index contributed by atoms with van der Waals surface area (Å²) in [6.07, 6.45) is 7.01. The third-order valence-electron chi connectivity index (χ3n) is 4.20. The van der Waals surface area contributed by atoms with Crippen molar-refractivity contribution in [2.45, 2.75) is 37.0 Å². The molecule has 3 aromatic rings. The summed E-state index contributed by atoms with van der Waals surface area (Å²) in [4.78, 5) is 10.1. The molecule has 1 aromatic carbocycles. The molecule has 0 unspecified atom stereocenters. The molecule has 0 bridgehead atoms. The van der Waals surface area contributed by atoms with E-state index >= 15 is 0 Å². The standard InChI is InChI=1S/C17H17N3O2S2/c21-24(22,15-10-4-6-12-7-5-11-18-16(12)15)20-17-19-13-8-2-1-3-9-14(13)23-17/h4-7,10-11H,1-3,8-9H2,(H,19,20). The molecule has 0 aliphatic heterocycles. The van der Waals surface area contributed by atoms with Crippen molar-refractivity contribution in [1.29, 1.82) is 0 Å². The van der Waals surface area contributed by atoms with Gasteiger partial charge in [0.05, 0.1) is 11.2 Å². The number of nitrogens with one attached hydrogen (secondary N) is 1. The molecule has 1 N–H and O–H groups in total. The third-order valence-corrected chi connectivity index (χ3v) is 6.78. The Morgan fingerprint density at radius 2 is 1.88 bits per heavy atom. The van der Waals surface area contributed by atoms with Crippen molar-refractivity contribution >= 4 is 37.4 Å². The van der Waals surface area contributed by atoms with Crippen LogP contribution in [0.3, 0.4) is 0 Å². The fourth-order valence-corrected chi connectivity index (χ4v) is 5.50. The maximum absolute atomic E-state index is 12.8. The zero-order valence-electron chi connectivity index (χ0n) is 13.0. The molecule has 0 amide bonds. The van der Waals surface area contributed by atoms with Gasteiger partial charge in [-0.05, 0) is 37.8 Å².